The summed E-state index contributed by atoms with van der Waals surface area (Å²) in [5.41, 5.74) is 2.76. The van der Waals surface area contributed by atoms with Crippen LogP contribution in [0.4, 0.5) is 33.7 Å². The van der Waals surface area contributed by atoms with Crippen LogP contribution in [0.5, 0.6) is 0 Å². The van der Waals surface area contributed by atoms with Crippen LogP contribution in [-0.4, -0.2) is 114 Å². The Kier molecular flexibility index (Phi) is 11.1. The van der Waals surface area contributed by atoms with Crippen molar-refractivity contribution in [1.82, 2.24) is 19.6 Å². The van der Waals surface area contributed by atoms with Gasteiger partial charge in [-0.15, -0.1) is 11.8 Å². The second kappa shape index (κ2) is 15.2. The van der Waals surface area contributed by atoms with Crippen molar-refractivity contribution in [3.8, 4) is 0 Å². The fraction of sp³-hybridized carbons (Fsp3) is 0.595. The van der Waals surface area contributed by atoms with Gasteiger partial charge in [-0.05, 0) is 48.8 Å². The molecule has 0 radical (unpaired) electrons. The number of carbonyl (C=O) groups is 3. The Morgan fingerprint density at radius 2 is 1.63 bits per heavy atom. The molecule has 9 nitrogen and oxygen atoms in total. The second-order valence-corrected chi connectivity index (χ2v) is 16.5. The molecule has 4 heterocycles. The van der Waals surface area contributed by atoms with Crippen molar-refractivity contribution in [1.29, 1.82) is 0 Å². The Bertz CT molecular complexity index is 1590. The van der Waals surface area contributed by atoms with Crippen LogP contribution >= 0.6 is 11.8 Å². The topological polar surface area (TPSA) is 79.4 Å². The van der Waals surface area contributed by atoms with Gasteiger partial charge in [0.2, 0.25) is 11.8 Å². The summed E-state index contributed by atoms with van der Waals surface area (Å²) >= 11 is 1.35. The molecule has 3 fully saturated rings. The summed E-state index contributed by atoms with van der Waals surface area (Å²) in [6.45, 7) is 7.97. The molecular formula is C37H48F4N6O3S. The van der Waals surface area contributed by atoms with E-state index in [4.69, 9.17) is 0 Å². The van der Waals surface area contributed by atoms with E-state index >= 15 is 4.39 Å². The maximum Gasteiger partial charge on any atom is 0.401 e. The molecule has 4 aliphatic heterocycles. The van der Waals surface area contributed by atoms with Crippen molar-refractivity contribution >= 4 is 41.0 Å². The third-order valence-electron chi connectivity index (χ3n) is 10.4. The zero-order valence-corrected chi connectivity index (χ0v) is 30.4. The third-order valence-corrected chi connectivity index (χ3v) is 11.8. The van der Waals surface area contributed by atoms with Gasteiger partial charge in [0.25, 0.3) is 0 Å². The van der Waals surface area contributed by atoms with Crippen LogP contribution in [-0.2, 0) is 16.0 Å². The lowest BCUT2D eigenvalue weighted by Crippen LogP contribution is -2.50. The lowest BCUT2D eigenvalue weighted by atomic mass is 9.92. The number of rotatable bonds is 8. The Labute approximate surface area is 301 Å². The molecule has 4 aliphatic rings. The molecule has 278 valence electrons. The third kappa shape index (κ3) is 8.93. The second-order valence-electron chi connectivity index (χ2n) is 15.2. The number of anilines is 2. The number of hydrogen-bond acceptors (Lipinski definition) is 6. The largest absolute Gasteiger partial charge is 0.401 e. The van der Waals surface area contributed by atoms with Crippen LogP contribution in [0.3, 0.4) is 0 Å². The highest BCUT2D eigenvalue weighted by atomic mass is 32.2. The molecule has 1 N–H and O–H groups in total. The van der Waals surface area contributed by atoms with E-state index in [1.807, 2.05) is 29.2 Å². The van der Waals surface area contributed by atoms with Crippen LogP contribution in [0, 0.1) is 11.2 Å². The minimum Gasteiger partial charge on any atom is -0.366 e. The molecule has 51 heavy (non-hydrogen) atoms. The monoisotopic (exact) mass is 732 g/mol. The highest BCUT2D eigenvalue weighted by Crippen LogP contribution is 2.48. The molecular weight excluding hydrogens is 685 g/mol. The Hall–Kier alpha value is -3.52. The molecule has 0 aliphatic carbocycles. The lowest BCUT2D eigenvalue weighted by molar-refractivity contribution is -0.146. The maximum absolute atomic E-state index is 15.7. The van der Waals surface area contributed by atoms with E-state index in [0.717, 1.165) is 17.7 Å². The number of thioether (sulfide) groups is 1. The molecule has 0 spiro atoms. The molecule has 6 rings (SSSR count). The summed E-state index contributed by atoms with van der Waals surface area (Å²) in [6.07, 6.45) is -1.56. The van der Waals surface area contributed by atoms with E-state index in [-0.39, 0.29) is 61.9 Å². The number of alkyl halides is 3. The molecule has 2 atom stereocenters. The summed E-state index contributed by atoms with van der Waals surface area (Å²) in [5.74, 6) is -0.767. The van der Waals surface area contributed by atoms with Gasteiger partial charge in [-0.25, -0.2) is 9.18 Å². The van der Waals surface area contributed by atoms with E-state index in [1.165, 1.54) is 22.7 Å². The van der Waals surface area contributed by atoms with Crippen molar-refractivity contribution in [3.63, 3.8) is 0 Å². The number of benzene rings is 2. The van der Waals surface area contributed by atoms with Crippen LogP contribution in [0.15, 0.2) is 42.5 Å². The number of carbonyl (C=O) groups excluding carboxylic acids is 3. The number of halogens is 4. The first-order valence-corrected chi connectivity index (χ1v) is 18.8. The van der Waals surface area contributed by atoms with Gasteiger partial charge in [0, 0.05) is 76.1 Å². The molecule has 2 aromatic carbocycles. The van der Waals surface area contributed by atoms with Crippen molar-refractivity contribution in [3.05, 3.63) is 59.4 Å². The zero-order chi connectivity index (χ0) is 36.5. The van der Waals surface area contributed by atoms with Crippen LogP contribution in [0.2, 0.25) is 0 Å². The number of nitrogens with zero attached hydrogens (tertiary/aromatic N) is 5. The van der Waals surface area contributed by atoms with E-state index in [9.17, 15) is 27.6 Å². The van der Waals surface area contributed by atoms with Crippen LogP contribution in [0.25, 0.3) is 0 Å². The number of fused-ring (bicyclic) bond motifs is 1. The predicted molar refractivity (Wildman–Crippen MR) is 191 cm³/mol. The van der Waals surface area contributed by atoms with Gasteiger partial charge in [-0.2, -0.15) is 13.2 Å². The standard InChI is InChI=1S/C37H48F4N6O3S/c1-36(2,3)14-18-47-33(49)30(51-34(47)27-8-6-9-28(38)32(27)45-21-19-43(20-22-45)24-37(39,40)41)23-31(48)44-15-12-26(13-16-44)46-17-11-25-7-4-5-10-29(25)42-35(46)50/h4-10,26,30,34H,11-24H2,1-3H3,(H,42,50). The summed E-state index contributed by atoms with van der Waals surface area (Å²) < 4.78 is 54.8. The summed E-state index contributed by atoms with van der Waals surface area (Å²) in [6, 6.07) is 12.4. The molecule has 2 aromatic rings. The minimum atomic E-state index is -4.31. The van der Waals surface area contributed by atoms with Crippen molar-refractivity contribution < 1.29 is 31.9 Å². The molecule has 3 saturated heterocycles. The van der Waals surface area contributed by atoms with E-state index in [1.54, 1.807) is 26.8 Å². The Balaban J connectivity index is 1.12. The van der Waals surface area contributed by atoms with Crippen LogP contribution in [0.1, 0.15) is 63.0 Å². The van der Waals surface area contributed by atoms with Gasteiger partial charge in [-0.3, -0.25) is 14.5 Å². The first-order chi connectivity index (χ1) is 24.2. The Morgan fingerprint density at radius 1 is 0.922 bits per heavy atom. The fourth-order valence-electron chi connectivity index (χ4n) is 7.55. The number of urea groups is 1. The fourth-order valence-corrected chi connectivity index (χ4v) is 9.04. The van der Waals surface area contributed by atoms with Gasteiger partial charge in [0.1, 0.15) is 11.2 Å². The number of nitrogens with one attached hydrogen (secondary N) is 1. The quantitative estimate of drug-likeness (QED) is 0.319. The van der Waals surface area contributed by atoms with E-state index in [2.05, 4.69) is 26.1 Å². The van der Waals surface area contributed by atoms with Crippen molar-refractivity contribution in [2.24, 2.45) is 5.41 Å². The molecule has 0 aromatic heterocycles. The van der Waals surface area contributed by atoms with Crippen LogP contribution < -0.4 is 10.2 Å². The number of para-hydroxylation sites is 2. The highest BCUT2D eigenvalue weighted by molar-refractivity contribution is 8.01. The average Bonchev–Trinajstić information content (AvgIpc) is 3.26. The molecule has 4 amide bonds. The normalized spacial score (nSPS) is 22.6. The van der Waals surface area contributed by atoms with Gasteiger partial charge in [0.15, 0.2) is 0 Å². The van der Waals surface area contributed by atoms with Crippen molar-refractivity contribution in [2.45, 2.75) is 75.7 Å². The summed E-state index contributed by atoms with van der Waals surface area (Å²) in [5, 5.41) is 1.82. The lowest BCUT2D eigenvalue weighted by Gasteiger charge is -2.38. The number of piperazine rings is 1. The number of piperidine rings is 1. The van der Waals surface area contributed by atoms with Gasteiger partial charge >= 0.3 is 12.2 Å². The van der Waals surface area contributed by atoms with E-state index in [0.29, 0.717) is 56.7 Å². The van der Waals surface area contributed by atoms with Gasteiger partial charge < -0.3 is 24.9 Å². The Morgan fingerprint density at radius 3 is 2.31 bits per heavy atom. The maximum atomic E-state index is 15.7. The predicted octanol–water partition coefficient (Wildman–Crippen LogP) is 6.36. The SMILES string of the molecule is CC(C)(C)CCN1C(=O)C(CC(=O)N2CCC(N3CCc4ccccc4NC3=O)CC2)SC1c1cccc(F)c1N1CCN(CC(F)(F)F)CC1. The first-order valence-electron chi connectivity index (χ1n) is 17.9. The van der Waals surface area contributed by atoms with E-state index < -0.39 is 29.2 Å². The van der Waals surface area contributed by atoms with Gasteiger partial charge in [-0.1, -0.05) is 51.1 Å². The smallest absolute Gasteiger partial charge is 0.366 e. The average molecular weight is 733 g/mol. The number of likely N-dealkylation sites (tertiary alicyclic amines) is 1. The zero-order valence-electron chi connectivity index (χ0n) is 29.6. The molecule has 0 saturated carbocycles. The van der Waals surface area contributed by atoms with Crippen molar-refractivity contribution in [2.75, 3.05) is 69.1 Å². The molecule has 14 heteroatoms. The highest BCUT2D eigenvalue weighted by Gasteiger charge is 2.45. The summed E-state index contributed by atoms with van der Waals surface area (Å²) in [7, 11) is 0. The summed E-state index contributed by atoms with van der Waals surface area (Å²) in [4.78, 5) is 49.4. The molecule has 0 bridgehead atoms. The number of hydrogen-bond donors (Lipinski definition) is 1. The minimum absolute atomic E-state index is 0.00449. The first kappa shape index (κ1) is 37.2. The van der Waals surface area contributed by atoms with Gasteiger partial charge in [0.05, 0.1) is 17.5 Å². The number of amides is 4. The molecule has 2 unspecified atom stereocenters.